The average molecular weight is 426 g/mol. The maximum absolute atomic E-state index is 12.9. The van der Waals surface area contributed by atoms with Crippen LogP contribution in [0.1, 0.15) is 48.9 Å². The second-order valence-corrected chi connectivity index (χ2v) is 9.34. The molecule has 1 saturated carbocycles. The van der Waals surface area contributed by atoms with E-state index in [9.17, 15) is 13.2 Å². The summed E-state index contributed by atoms with van der Waals surface area (Å²) in [6.45, 7) is 3.51. The van der Waals surface area contributed by atoms with Gasteiger partial charge in [-0.1, -0.05) is 18.2 Å². The second kappa shape index (κ2) is 8.04. The fourth-order valence-electron chi connectivity index (χ4n) is 3.11. The Balaban J connectivity index is 1.55. The predicted molar refractivity (Wildman–Crippen MR) is 114 cm³/mol. The summed E-state index contributed by atoms with van der Waals surface area (Å²) in [6, 6.07) is 15.3. The van der Waals surface area contributed by atoms with Crippen molar-refractivity contribution in [3.63, 3.8) is 0 Å². The van der Waals surface area contributed by atoms with Crippen molar-refractivity contribution in [2.24, 2.45) is 0 Å². The highest BCUT2D eigenvalue weighted by atomic mass is 32.2. The quantitative estimate of drug-likeness (QED) is 0.592. The van der Waals surface area contributed by atoms with E-state index in [-0.39, 0.29) is 28.5 Å². The molecule has 4 rings (SSSR count). The number of rotatable bonds is 7. The minimum absolute atomic E-state index is 0.140. The van der Waals surface area contributed by atoms with E-state index in [1.54, 1.807) is 26.0 Å². The van der Waals surface area contributed by atoms with Crippen LogP contribution < -0.4 is 10.0 Å². The molecule has 30 heavy (non-hydrogen) atoms. The van der Waals surface area contributed by atoms with E-state index in [2.05, 4.69) is 15.0 Å². The van der Waals surface area contributed by atoms with Crippen LogP contribution in [0.15, 0.2) is 63.9 Å². The number of oxazole rings is 1. The summed E-state index contributed by atoms with van der Waals surface area (Å²) in [6.07, 6.45) is 1.94. The van der Waals surface area contributed by atoms with Gasteiger partial charge in [-0.05, 0) is 63.1 Å². The van der Waals surface area contributed by atoms with Crippen molar-refractivity contribution in [3.05, 3.63) is 66.1 Å². The van der Waals surface area contributed by atoms with Crippen molar-refractivity contribution in [1.82, 2.24) is 9.71 Å². The van der Waals surface area contributed by atoms with Gasteiger partial charge < -0.3 is 9.73 Å². The zero-order valence-corrected chi connectivity index (χ0v) is 17.6. The van der Waals surface area contributed by atoms with Crippen molar-refractivity contribution >= 4 is 21.6 Å². The number of hydrogen-bond acceptors (Lipinski definition) is 5. The first-order chi connectivity index (χ1) is 14.3. The lowest BCUT2D eigenvalue weighted by molar-refractivity contribution is 0.102. The Morgan fingerprint density at radius 3 is 2.33 bits per heavy atom. The van der Waals surface area contributed by atoms with Crippen LogP contribution in [0.4, 0.5) is 5.69 Å². The molecule has 0 spiro atoms. The van der Waals surface area contributed by atoms with Gasteiger partial charge in [0.1, 0.15) is 5.76 Å². The zero-order valence-electron chi connectivity index (χ0n) is 16.8. The van der Waals surface area contributed by atoms with Crippen molar-refractivity contribution in [3.8, 4) is 11.5 Å². The topological polar surface area (TPSA) is 101 Å². The van der Waals surface area contributed by atoms with Gasteiger partial charge >= 0.3 is 0 Å². The van der Waals surface area contributed by atoms with E-state index in [1.807, 2.05) is 30.3 Å². The van der Waals surface area contributed by atoms with Gasteiger partial charge in [0.25, 0.3) is 5.91 Å². The van der Waals surface area contributed by atoms with E-state index >= 15 is 0 Å². The molecule has 1 aliphatic carbocycles. The summed E-state index contributed by atoms with van der Waals surface area (Å²) in [4.78, 5) is 17.5. The standard InChI is InChI=1S/C22H23N3O4S/c1-14(2)25-30(27,28)18-12-10-17(11-13-18)23-21(26)19-20(15-8-9-15)29-22(24-19)16-6-4-3-5-7-16/h3-7,10-15,25H,8-9H2,1-2H3,(H,23,26). The van der Waals surface area contributed by atoms with E-state index < -0.39 is 10.0 Å². The molecule has 0 atom stereocenters. The average Bonchev–Trinajstić information content (AvgIpc) is 3.46. The van der Waals surface area contributed by atoms with E-state index in [4.69, 9.17) is 4.42 Å². The lowest BCUT2D eigenvalue weighted by atomic mass is 10.2. The van der Waals surface area contributed by atoms with E-state index in [0.717, 1.165) is 18.4 Å². The number of benzene rings is 2. The number of aromatic nitrogens is 1. The van der Waals surface area contributed by atoms with Gasteiger partial charge in [0.2, 0.25) is 15.9 Å². The summed E-state index contributed by atoms with van der Waals surface area (Å²) in [7, 11) is -3.58. The number of amides is 1. The molecule has 1 aliphatic rings. The first kappa shape index (κ1) is 20.3. The number of sulfonamides is 1. The number of nitrogens with zero attached hydrogens (tertiary/aromatic N) is 1. The molecule has 7 nitrogen and oxygen atoms in total. The molecule has 0 saturated heterocycles. The minimum atomic E-state index is -3.58. The number of carbonyl (C=O) groups excluding carboxylic acids is 1. The van der Waals surface area contributed by atoms with Gasteiger partial charge in [0, 0.05) is 23.2 Å². The van der Waals surface area contributed by atoms with Crippen LogP contribution in [-0.2, 0) is 10.0 Å². The van der Waals surface area contributed by atoms with Crippen molar-refractivity contribution in [1.29, 1.82) is 0 Å². The summed E-state index contributed by atoms with van der Waals surface area (Å²) in [5.41, 5.74) is 1.56. The Labute approximate surface area is 175 Å². The third-order valence-electron chi connectivity index (χ3n) is 4.65. The normalized spacial score (nSPS) is 14.1. The first-order valence-corrected chi connectivity index (χ1v) is 11.3. The zero-order chi connectivity index (χ0) is 21.3. The Morgan fingerprint density at radius 2 is 1.73 bits per heavy atom. The Hall–Kier alpha value is -2.97. The van der Waals surface area contributed by atoms with Gasteiger partial charge in [-0.25, -0.2) is 18.1 Å². The number of nitrogens with one attached hydrogen (secondary N) is 2. The molecule has 3 aromatic rings. The lowest BCUT2D eigenvalue weighted by Crippen LogP contribution is -2.30. The summed E-state index contributed by atoms with van der Waals surface area (Å²) in [5.74, 6) is 0.861. The molecular formula is C22H23N3O4S. The van der Waals surface area contributed by atoms with Crippen molar-refractivity contribution in [2.75, 3.05) is 5.32 Å². The van der Waals surface area contributed by atoms with Crippen LogP contribution >= 0.6 is 0 Å². The van der Waals surface area contributed by atoms with Gasteiger partial charge in [-0.15, -0.1) is 0 Å². The molecule has 0 unspecified atom stereocenters. The fourth-order valence-corrected chi connectivity index (χ4v) is 4.36. The minimum Gasteiger partial charge on any atom is -0.440 e. The maximum atomic E-state index is 12.9. The first-order valence-electron chi connectivity index (χ1n) is 9.83. The maximum Gasteiger partial charge on any atom is 0.277 e. The molecule has 0 aliphatic heterocycles. The number of anilines is 1. The summed E-state index contributed by atoms with van der Waals surface area (Å²) < 4.78 is 32.9. The fraction of sp³-hybridized carbons (Fsp3) is 0.273. The molecule has 1 fully saturated rings. The van der Waals surface area contributed by atoms with Gasteiger partial charge in [0.05, 0.1) is 4.90 Å². The molecular weight excluding hydrogens is 402 g/mol. The van der Waals surface area contributed by atoms with Crippen LogP contribution in [0.25, 0.3) is 11.5 Å². The molecule has 1 aromatic heterocycles. The molecule has 1 amide bonds. The van der Waals surface area contributed by atoms with Crippen LogP contribution in [0.3, 0.4) is 0 Å². The van der Waals surface area contributed by atoms with Crippen molar-refractivity contribution < 1.29 is 17.6 Å². The third kappa shape index (κ3) is 4.44. The van der Waals surface area contributed by atoms with Crippen LogP contribution in [0.5, 0.6) is 0 Å². The van der Waals surface area contributed by atoms with Gasteiger partial charge in [-0.2, -0.15) is 0 Å². The van der Waals surface area contributed by atoms with Crippen LogP contribution in [0, 0.1) is 0 Å². The predicted octanol–water partition coefficient (Wildman–Crippen LogP) is 4.16. The second-order valence-electron chi connectivity index (χ2n) is 7.63. The van der Waals surface area contributed by atoms with Gasteiger partial charge in [0.15, 0.2) is 5.69 Å². The van der Waals surface area contributed by atoms with Gasteiger partial charge in [-0.3, -0.25) is 4.79 Å². The highest BCUT2D eigenvalue weighted by Crippen LogP contribution is 2.43. The molecule has 156 valence electrons. The Kier molecular flexibility index (Phi) is 5.44. The highest BCUT2D eigenvalue weighted by molar-refractivity contribution is 7.89. The largest absolute Gasteiger partial charge is 0.440 e. The van der Waals surface area contributed by atoms with Crippen LogP contribution in [-0.4, -0.2) is 25.4 Å². The number of hydrogen-bond donors (Lipinski definition) is 2. The summed E-state index contributed by atoms with van der Waals surface area (Å²) in [5, 5.41) is 2.79. The monoisotopic (exact) mass is 425 g/mol. The molecule has 2 N–H and O–H groups in total. The molecule has 0 bridgehead atoms. The Morgan fingerprint density at radius 1 is 1.07 bits per heavy atom. The molecule has 2 aromatic carbocycles. The molecule has 1 heterocycles. The van der Waals surface area contributed by atoms with Crippen LogP contribution in [0.2, 0.25) is 0 Å². The smallest absolute Gasteiger partial charge is 0.277 e. The van der Waals surface area contributed by atoms with E-state index in [0.29, 0.717) is 17.3 Å². The molecule has 8 heteroatoms. The lowest BCUT2D eigenvalue weighted by Gasteiger charge is -2.10. The highest BCUT2D eigenvalue weighted by Gasteiger charge is 2.34. The number of carbonyl (C=O) groups is 1. The molecule has 0 radical (unpaired) electrons. The SMILES string of the molecule is CC(C)NS(=O)(=O)c1ccc(NC(=O)c2nc(-c3ccccc3)oc2C2CC2)cc1. The van der Waals surface area contributed by atoms with Crippen molar-refractivity contribution in [2.45, 2.75) is 43.5 Å². The Bertz CT molecular complexity index is 1150. The van der Waals surface area contributed by atoms with E-state index in [1.165, 1.54) is 12.1 Å². The third-order valence-corrected chi connectivity index (χ3v) is 6.33. The summed E-state index contributed by atoms with van der Waals surface area (Å²) >= 11 is 0.